The van der Waals surface area contributed by atoms with E-state index < -0.39 is 0 Å². The third-order valence-electron chi connectivity index (χ3n) is 2.98. The molecule has 0 aliphatic rings. The van der Waals surface area contributed by atoms with Crippen molar-refractivity contribution in [2.24, 2.45) is 0 Å². The first-order chi connectivity index (χ1) is 9.60. The summed E-state index contributed by atoms with van der Waals surface area (Å²) in [6, 6.07) is 13.1. The number of Topliss-reactive ketones (excluding diaryl/α,β-unsaturated/α-hetero) is 1. The zero-order chi connectivity index (χ0) is 14.5. The first kappa shape index (κ1) is 15.1. The first-order valence-corrected chi connectivity index (χ1v) is 7.35. The summed E-state index contributed by atoms with van der Waals surface area (Å²) >= 11 is 9.48. The highest BCUT2D eigenvalue weighted by atomic mass is 79.9. The number of hydrogen-bond donors (Lipinski definition) is 0. The van der Waals surface area contributed by atoms with E-state index in [1.54, 1.807) is 13.2 Å². The summed E-state index contributed by atoms with van der Waals surface area (Å²) in [5.74, 6) is 0.829. The van der Waals surface area contributed by atoms with Crippen molar-refractivity contribution < 1.29 is 9.53 Å². The van der Waals surface area contributed by atoms with Crippen LogP contribution in [0.4, 0.5) is 0 Å². The fraction of sp³-hybridized carbons (Fsp3) is 0.188. The average Bonchev–Trinajstić information content (AvgIpc) is 2.41. The molecule has 4 heteroatoms. The number of benzene rings is 2. The number of halogens is 2. The van der Waals surface area contributed by atoms with Crippen LogP contribution in [-0.2, 0) is 17.6 Å². The molecule has 0 spiro atoms. The lowest BCUT2D eigenvalue weighted by molar-refractivity contribution is -0.117. The molecule has 0 amide bonds. The smallest absolute Gasteiger partial charge is 0.141 e. The molecule has 0 aliphatic heterocycles. The number of ether oxygens (including phenoxy) is 1. The molecule has 0 atom stereocenters. The minimum absolute atomic E-state index is 0.106. The Labute approximate surface area is 131 Å². The van der Waals surface area contributed by atoms with Crippen LogP contribution in [0.1, 0.15) is 11.1 Å². The Balaban J connectivity index is 2.12. The van der Waals surface area contributed by atoms with Crippen LogP contribution in [0.2, 0.25) is 5.02 Å². The second-order valence-corrected chi connectivity index (χ2v) is 5.76. The highest BCUT2D eigenvalue weighted by Crippen LogP contribution is 2.24. The largest absolute Gasteiger partial charge is 0.496 e. The van der Waals surface area contributed by atoms with Gasteiger partial charge in [0.1, 0.15) is 11.5 Å². The predicted octanol–water partition coefficient (Wildman–Crippen LogP) is 4.47. The van der Waals surface area contributed by atoms with Gasteiger partial charge in [-0.3, -0.25) is 4.79 Å². The molecule has 20 heavy (non-hydrogen) atoms. The topological polar surface area (TPSA) is 26.3 Å². The lowest BCUT2D eigenvalue weighted by atomic mass is 10.0. The van der Waals surface area contributed by atoms with E-state index in [4.69, 9.17) is 16.3 Å². The molecule has 2 aromatic carbocycles. The molecule has 2 aromatic rings. The van der Waals surface area contributed by atoms with Gasteiger partial charge in [0.25, 0.3) is 0 Å². The molecule has 0 saturated heterocycles. The van der Waals surface area contributed by atoms with Crippen molar-refractivity contribution in [3.63, 3.8) is 0 Å². The minimum atomic E-state index is 0.106. The average molecular weight is 354 g/mol. The van der Waals surface area contributed by atoms with E-state index in [1.165, 1.54) is 0 Å². The summed E-state index contributed by atoms with van der Waals surface area (Å²) in [5, 5.41) is 0.627. The van der Waals surface area contributed by atoms with Crippen LogP contribution >= 0.6 is 27.5 Å². The molecule has 0 N–H and O–H groups in total. The third-order valence-corrected chi connectivity index (χ3v) is 3.84. The number of methoxy groups -OCH3 is 1. The van der Waals surface area contributed by atoms with E-state index in [0.29, 0.717) is 17.9 Å². The van der Waals surface area contributed by atoms with Gasteiger partial charge in [0.2, 0.25) is 0 Å². The fourth-order valence-corrected chi connectivity index (χ4v) is 2.63. The van der Waals surface area contributed by atoms with Gasteiger partial charge in [0.05, 0.1) is 7.11 Å². The molecule has 0 radical (unpaired) electrons. The predicted molar refractivity (Wildman–Crippen MR) is 84.6 cm³/mol. The van der Waals surface area contributed by atoms with Crippen molar-refractivity contribution in [1.82, 2.24) is 0 Å². The molecule has 0 heterocycles. The first-order valence-electron chi connectivity index (χ1n) is 6.17. The van der Waals surface area contributed by atoms with Gasteiger partial charge in [0.15, 0.2) is 0 Å². The fourth-order valence-electron chi connectivity index (χ4n) is 2.01. The van der Waals surface area contributed by atoms with Crippen LogP contribution in [-0.4, -0.2) is 12.9 Å². The number of carbonyl (C=O) groups is 1. The van der Waals surface area contributed by atoms with E-state index >= 15 is 0 Å². The lowest BCUT2D eigenvalue weighted by Gasteiger charge is -2.09. The molecule has 0 fully saturated rings. The van der Waals surface area contributed by atoms with Crippen molar-refractivity contribution in [3.8, 4) is 5.75 Å². The summed E-state index contributed by atoms with van der Waals surface area (Å²) in [6.07, 6.45) is 0.656. The molecule has 2 rings (SSSR count). The molecule has 104 valence electrons. The molecule has 0 aliphatic carbocycles. The van der Waals surface area contributed by atoms with E-state index in [0.717, 1.165) is 21.3 Å². The summed E-state index contributed by atoms with van der Waals surface area (Å²) < 4.78 is 6.21. The third kappa shape index (κ3) is 3.84. The van der Waals surface area contributed by atoms with Gasteiger partial charge in [-0.1, -0.05) is 45.7 Å². The maximum absolute atomic E-state index is 12.2. The highest BCUT2D eigenvalue weighted by molar-refractivity contribution is 9.10. The van der Waals surface area contributed by atoms with Crippen molar-refractivity contribution in [3.05, 3.63) is 63.1 Å². The van der Waals surface area contributed by atoms with Gasteiger partial charge >= 0.3 is 0 Å². The Bertz CT molecular complexity index is 626. The van der Waals surface area contributed by atoms with Crippen molar-refractivity contribution in [2.75, 3.05) is 7.11 Å². The van der Waals surface area contributed by atoms with Gasteiger partial charge in [-0.2, -0.15) is 0 Å². The van der Waals surface area contributed by atoms with Crippen molar-refractivity contribution >= 4 is 33.3 Å². The standard InChI is InChI=1S/C16H14BrClO2/c1-20-16-7-6-13(17)8-12(16)10-14(19)9-11-4-2-3-5-15(11)18/h2-8H,9-10H2,1H3. The quantitative estimate of drug-likeness (QED) is 0.793. The van der Waals surface area contributed by atoms with Crippen molar-refractivity contribution in [2.45, 2.75) is 12.8 Å². The Hall–Kier alpha value is -1.32. The Kier molecular flexibility index (Phi) is 5.21. The van der Waals surface area contributed by atoms with Crippen LogP contribution < -0.4 is 4.74 Å². The number of rotatable bonds is 5. The molecular weight excluding hydrogens is 340 g/mol. The zero-order valence-electron chi connectivity index (χ0n) is 11.0. The van der Waals surface area contributed by atoms with Gasteiger partial charge in [-0.15, -0.1) is 0 Å². The summed E-state index contributed by atoms with van der Waals surface area (Å²) in [6.45, 7) is 0. The SMILES string of the molecule is COc1ccc(Br)cc1CC(=O)Cc1ccccc1Cl. The van der Waals surface area contributed by atoms with Crippen LogP contribution in [0.25, 0.3) is 0 Å². The molecule has 0 unspecified atom stereocenters. The monoisotopic (exact) mass is 352 g/mol. The normalized spacial score (nSPS) is 10.3. The second kappa shape index (κ2) is 6.91. The van der Waals surface area contributed by atoms with Crippen LogP contribution in [0.15, 0.2) is 46.9 Å². The van der Waals surface area contributed by atoms with Gasteiger partial charge in [0, 0.05) is 27.9 Å². The number of ketones is 1. The Morgan fingerprint density at radius 2 is 1.85 bits per heavy atom. The van der Waals surface area contributed by atoms with E-state index in [9.17, 15) is 4.79 Å². The van der Waals surface area contributed by atoms with Gasteiger partial charge < -0.3 is 4.74 Å². The Morgan fingerprint density at radius 3 is 2.55 bits per heavy atom. The summed E-state index contributed by atoms with van der Waals surface area (Å²) in [7, 11) is 1.60. The molecule has 0 aromatic heterocycles. The molecule has 0 saturated carbocycles. The maximum Gasteiger partial charge on any atom is 0.141 e. The lowest BCUT2D eigenvalue weighted by Crippen LogP contribution is -2.08. The highest BCUT2D eigenvalue weighted by Gasteiger charge is 2.11. The van der Waals surface area contributed by atoms with E-state index in [2.05, 4.69) is 15.9 Å². The van der Waals surface area contributed by atoms with E-state index in [-0.39, 0.29) is 5.78 Å². The van der Waals surface area contributed by atoms with Gasteiger partial charge in [-0.05, 0) is 29.8 Å². The van der Waals surface area contributed by atoms with E-state index in [1.807, 2.05) is 36.4 Å². The van der Waals surface area contributed by atoms with Crippen LogP contribution in [0.3, 0.4) is 0 Å². The van der Waals surface area contributed by atoms with Crippen LogP contribution in [0, 0.1) is 0 Å². The Morgan fingerprint density at radius 1 is 1.15 bits per heavy atom. The molecule has 2 nitrogen and oxygen atoms in total. The second-order valence-electron chi connectivity index (χ2n) is 4.44. The summed E-state index contributed by atoms with van der Waals surface area (Å²) in [4.78, 5) is 12.2. The number of hydrogen-bond acceptors (Lipinski definition) is 2. The van der Waals surface area contributed by atoms with Crippen molar-refractivity contribution in [1.29, 1.82) is 0 Å². The molecular formula is C16H14BrClO2. The van der Waals surface area contributed by atoms with Crippen LogP contribution in [0.5, 0.6) is 5.75 Å². The maximum atomic E-state index is 12.2. The van der Waals surface area contributed by atoms with Gasteiger partial charge in [-0.25, -0.2) is 0 Å². The summed E-state index contributed by atoms with van der Waals surface area (Å²) in [5.41, 5.74) is 1.73. The zero-order valence-corrected chi connectivity index (χ0v) is 13.4. The molecule has 0 bridgehead atoms. The minimum Gasteiger partial charge on any atom is -0.496 e. The number of carbonyl (C=O) groups excluding carboxylic acids is 1.